The molecule has 122 valence electrons. The van der Waals surface area contributed by atoms with Crippen LogP contribution in [0.25, 0.3) is 0 Å². The van der Waals surface area contributed by atoms with Crippen LogP contribution in [-0.4, -0.2) is 32.9 Å². The summed E-state index contributed by atoms with van der Waals surface area (Å²) in [6, 6.07) is 0. The molecule has 0 N–H and O–H groups in total. The van der Waals surface area contributed by atoms with E-state index < -0.39 is 8.32 Å². The molecule has 21 heavy (non-hydrogen) atoms. The summed E-state index contributed by atoms with van der Waals surface area (Å²) in [6.07, 6.45) is 5.58. The molecular weight excluding hydrogens is 284 g/mol. The summed E-state index contributed by atoms with van der Waals surface area (Å²) in [5.41, 5.74) is -0.103. The van der Waals surface area contributed by atoms with E-state index in [1.807, 2.05) is 0 Å². The summed E-state index contributed by atoms with van der Waals surface area (Å²) in [5, 5.41) is 0.277. The number of fused-ring (bicyclic) bond motifs is 2. The van der Waals surface area contributed by atoms with Gasteiger partial charge in [0.1, 0.15) is 5.60 Å². The lowest BCUT2D eigenvalue weighted by Gasteiger charge is -2.43. The molecule has 0 aromatic carbocycles. The van der Waals surface area contributed by atoms with Crippen molar-refractivity contribution in [2.45, 2.75) is 89.0 Å². The van der Waals surface area contributed by atoms with Crippen molar-refractivity contribution in [3.05, 3.63) is 0 Å². The highest BCUT2D eigenvalue weighted by Gasteiger charge is 2.56. The Hall–Kier alpha value is 0.0569. The van der Waals surface area contributed by atoms with Gasteiger partial charge in [-0.15, -0.1) is 0 Å². The minimum atomic E-state index is -1.67. The Morgan fingerprint density at radius 3 is 2.38 bits per heavy atom. The molecule has 3 aliphatic rings. The van der Waals surface area contributed by atoms with E-state index in [9.17, 15) is 0 Å². The second-order valence-electron chi connectivity index (χ2n) is 8.46. The van der Waals surface area contributed by atoms with Crippen molar-refractivity contribution >= 4 is 8.32 Å². The van der Waals surface area contributed by atoms with Gasteiger partial charge in [0.2, 0.25) is 0 Å². The Morgan fingerprint density at radius 2 is 1.76 bits per heavy atom. The fraction of sp³-hybridized carbons (Fsp3) is 1.00. The molecule has 2 heterocycles. The number of hydrogen-bond acceptors (Lipinski definition) is 4. The van der Waals surface area contributed by atoms with E-state index >= 15 is 0 Å². The van der Waals surface area contributed by atoms with E-state index in [0.29, 0.717) is 12.0 Å². The van der Waals surface area contributed by atoms with Crippen LogP contribution in [0.3, 0.4) is 0 Å². The summed E-state index contributed by atoms with van der Waals surface area (Å²) in [5.74, 6) is 0.423. The molecule has 0 radical (unpaired) electrons. The zero-order chi connectivity index (χ0) is 15.3. The first-order valence-electron chi connectivity index (χ1n) is 8.37. The van der Waals surface area contributed by atoms with E-state index in [2.05, 4.69) is 33.9 Å². The smallest absolute Gasteiger partial charge is 0.196 e. The van der Waals surface area contributed by atoms with Crippen LogP contribution < -0.4 is 0 Å². The third kappa shape index (κ3) is 2.83. The number of hydrogen-bond donors (Lipinski definition) is 0. The predicted octanol–water partition coefficient (Wildman–Crippen LogP) is 4.01. The van der Waals surface area contributed by atoms with Crippen LogP contribution in [0.15, 0.2) is 0 Å². The molecule has 0 aromatic rings. The van der Waals surface area contributed by atoms with E-state index in [0.717, 1.165) is 38.7 Å². The van der Waals surface area contributed by atoms with Crippen LogP contribution in [0.5, 0.6) is 0 Å². The minimum Gasteiger partial charge on any atom is -0.414 e. The fourth-order valence-corrected chi connectivity index (χ4v) is 5.04. The summed E-state index contributed by atoms with van der Waals surface area (Å²) in [4.78, 5) is 11.1. The third-order valence-electron chi connectivity index (χ3n) is 6.07. The van der Waals surface area contributed by atoms with Crippen molar-refractivity contribution < 1.29 is 18.9 Å². The Bertz CT molecular complexity index is 382. The third-order valence-corrected chi connectivity index (χ3v) is 10.6. The van der Waals surface area contributed by atoms with Gasteiger partial charge in [0.25, 0.3) is 0 Å². The average Bonchev–Trinajstić information content (AvgIpc) is 2.95. The van der Waals surface area contributed by atoms with Gasteiger partial charge in [-0.05, 0) is 50.2 Å². The molecule has 2 saturated heterocycles. The molecule has 2 atom stereocenters. The zero-order valence-electron chi connectivity index (χ0n) is 14.1. The number of rotatable bonds is 2. The first kappa shape index (κ1) is 15.9. The van der Waals surface area contributed by atoms with Crippen molar-refractivity contribution in [3.63, 3.8) is 0 Å². The molecule has 3 fully saturated rings. The maximum atomic E-state index is 6.57. The summed E-state index contributed by atoms with van der Waals surface area (Å²) in [7, 11) is -1.67. The predicted molar refractivity (Wildman–Crippen MR) is 83.3 cm³/mol. The van der Waals surface area contributed by atoms with E-state index in [4.69, 9.17) is 18.9 Å². The molecule has 0 aromatic heterocycles. The standard InChI is InChI=1S/C16H30O4Si/c1-15(2,3)21(4,5)19-12-6-9-16(10-7-12)13-8-11-17-14(13)18-20-16/h12-14H,6-11H2,1-5H3/t12?,13-,14-,16?/m1/s1. The first-order valence-corrected chi connectivity index (χ1v) is 11.3. The summed E-state index contributed by atoms with van der Waals surface area (Å²) in [6.45, 7) is 12.4. The average molecular weight is 314 g/mol. The van der Waals surface area contributed by atoms with Gasteiger partial charge in [-0.2, -0.15) is 0 Å². The second kappa shape index (κ2) is 5.30. The minimum absolute atomic E-state index is 0.103. The van der Waals surface area contributed by atoms with Gasteiger partial charge in [-0.1, -0.05) is 20.8 Å². The van der Waals surface area contributed by atoms with E-state index in [1.54, 1.807) is 0 Å². The first-order chi connectivity index (χ1) is 9.74. The molecule has 3 rings (SSSR count). The van der Waals surface area contributed by atoms with Crippen LogP contribution in [0.2, 0.25) is 18.1 Å². The Balaban J connectivity index is 1.59. The molecule has 4 nitrogen and oxygen atoms in total. The summed E-state index contributed by atoms with van der Waals surface area (Å²) >= 11 is 0. The van der Waals surface area contributed by atoms with Crippen molar-refractivity contribution in [2.24, 2.45) is 5.92 Å². The largest absolute Gasteiger partial charge is 0.414 e. The van der Waals surface area contributed by atoms with Crippen molar-refractivity contribution in [1.82, 2.24) is 0 Å². The molecular formula is C16H30O4Si. The molecule has 0 bridgehead atoms. The van der Waals surface area contributed by atoms with Gasteiger partial charge >= 0.3 is 0 Å². The highest BCUT2D eigenvalue weighted by molar-refractivity contribution is 6.74. The van der Waals surface area contributed by atoms with Gasteiger partial charge in [0, 0.05) is 12.0 Å². The molecule has 1 saturated carbocycles. The Kier molecular flexibility index (Phi) is 4.02. The zero-order valence-corrected chi connectivity index (χ0v) is 15.1. The van der Waals surface area contributed by atoms with Crippen LogP contribution in [0.1, 0.15) is 52.9 Å². The van der Waals surface area contributed by atoms with Gasteiger partial charge in [0.15, 0.2) is 14.6 Å². The molecule has 1 spiro atoms. The van der Waals surface area contributed by atoms with Crippen molar-refractivity contribution in [1.29, 1.82) is 0 Å². The highest BCUT2D eigenvalue weighted by atomic mass is 28.4. The quantitative estimate of drug-likeness (QED) is 0.570. The van der Waals surface area contributed by atoms with E-state index in [-0.39, 0.29) is 16.9 Å². The maximum Gasteiger partial charge on any atom is 0.196 e. The van der Waals surface area contributed by atoms with Crippen LogP contribution in [-0.2, 0) is 18.9 Å². The molecule has 0 amide bonds. The second-order valence-corrected chi connectivity index (χ2v) is 13.2. The maximum absolute atomic E-state index is 6.57. The lowest BCUT2D eigenvalue weighted by Crippen LogP contribution is -2.48. The van der Waals surface area contributed by atoms with Gasteiger partial charge < -0.3 is 9.16 Å². The Morgan fingerprint density at radius 1 is 1.10 bits per heavy atom. The van der Waals surface area contributed by atoms with E-state index in [1.165, 1.54) is 0 Å². The van der Waals surface area contributed by atoms with Crippen LogP contribution in [0.4, 0.5) is 0 Å². The highest BCUT2D eigenvalue weighted by Crippen LogP contribution is 2.50. The fourth-order valence-electron chi connectivity index (χ4n) is 3.62. The molecule has 2 aliphatic heterocycles. The topological polar surface area (TPSA) is 36.9 Å². The lowest BCUT2D eigenvalue weighted by atomic mass is 9.74. The van der Waals surface area contributed by atoms with Crippen molar-refractivity contribution in [3.8, 4) is 0 Å². The SMILES string of the molecule is CC(C)(C)[Si](C)(C)OC1CCC2(CC1)OO[C@H]1OCC[C@H]12. The monoisotopic (exact) mass is 314 g/mol. The van der Waals surface area contributed by atoms with Crippen molar-refractivity contribution in [2.75, 3.05) is 6.61 Å². The molecule has 1 aliphatic carbocycles. The van der Waals surface area contributed by atoms with Gasteiger partial charge in [0.05, 0.1) is 6.61 Å². The molecule has 0 unspecified atom stereocenters. The normalized spacial score (nSPS) is 40.7. The lowest BCUT2D eigenvalue weighted by molar-refractivity contribution is -0.366. The van der Waals surface area contributed by atoms with Crippen LogP contribution in [0, 0.1) is 5.92 Å². The van der Waals surface area contributed by atoms with Gasteiger partial charge in [-0.3, -0.25) is 0 Å². The van der Waals surface area contributed by atoms with Crippen LogP contribution >= 0.6 is 0 Å². The number of ether oxygens (including phenoxy) is 1. The Labute approximate surface area is 129 Å². The van der Waals surface area contributed by atoms with Gasteiger partial charge in [-0.25, -0.2) is 9.78 Å². The summed E-state index contributed by atoms with van der Waals surface area (Å²) < 4.78 is 12.2. The molecule has 5 heteroatoms.